The van der Waals surface area contributed by atoms with Gasteiger partial charge in [0.05, 0.1) is 9.72 Å². The van der Waals surface area contributed by atoms with Gasteiger partial charge in [0.1, 0.15) is 5.52 Å². The largest absolute Gasteiger partial charge is 0.309 e. The van der Waals surface area contributed by atoms with Crippen LogP contribution in [0.25, 0.3) is 10.2 Å². The Hall–Kier alpha value is -1.60. The van der Waals surface area contributed by atoms with Crippen molar-refractivity contribution in [3.63, 3.8) is 0 Å². The van der Waals surface area contributed by atoms with Gasteiger partial charge in [-0.2, -0.15) is 0 Å². The minimum atomic E-state index is -0.0309. The summed E-state index contributed by atoms with van der Waals surface area (Å²) in [6.45, 7) is 1.51. The van der Waals surface area contributed by atoms with Crippen molar-refractivity contribution in [3.8, 4) is 0 Å². The number of rotatable bonds is 7. The third-order valence-corrected chi connectivity index (χ3v) is 6.25. The van der Waals surface area contributed by atoms with Crippen LogP contribution in [0, 0.1) is 0 Å². The Bertz CT molecular complexity index is 925. The molecule has 7 heteroatoms. The lowest BCUT2D eigenvalue weighted by Gasteiger charge is -2.21. The number of thiazole rings is 1. The summed E-state index contributed by atoms with van der Waals surface area (Å²) >= 11 is 9.44. The number of amides is 1. The molecule has 0 unspecified atom stereocenters. The van der Waals surface area contributed by atoms with Crippen molar-refractivity contribution in [3.05, 3.63) is 53.1 Å². The molecule has 3 rings (SSSR count). The molecule has 2 aromatic carbocycles. The van der Waals surface area contributed by atoms with Crippen molar-refractivity contribution in [1.29, 1.82) is 0 Å². The summed E-state index contributed by atoms with van der Waals surface area (Å²) in [7, 11) is 4.07. The lowest BCUT2D eigenvalue weighted by atomic mass is 10.2. The SMILES string of the molecule is CSc1ccc(C(=O)N(CCCN(C)C)c2nc3c(Cl)cccc3s2)cc1. The highest BCUT2D eigenvalue weighted by molar-refractivity contribution is 7.98. The van der Waals surface area contributed by atoms with Gasteiger partial charge in [0.25, 0.3) is 5.91 Å². The van der Waals surface area contributed by atoms with Crippen LogP contribution in [0.15, 0.2) is 47.4 Å². The number of thioether (sulfide) groups is 1. The molecule has 0 N–H and O–H groups in total. The van der Waals surface area contributed by atoms with Crippen molar-refractivity contribution in [2.24, 2.45) is 0 Å². The summed E-state index contributed by atoms with van der Waals surface area (Å²) < 4.78 is 0.987. The minimum absolute atomic E-state index is 0.0309. The number of carbonyl (C=O) groups is 1. The first-order valence-electron chi connectivity index (χ1n) is 8.65. The Morgan fingerprint density at radius 1 is 1.15 bits per heavy atom. The van der Waals surface area contributed by atoms with Crippen LogP contribution in [0.2, 0.25) is 5.02 Å². The fraction of sp³-hybridized carbons (Fsp3) is 0.300. The zero-order chi connectivity index (χ0) is 19.4. The number of para-hydroxylation sites is 1. The summed E-state index contributed by atoms with van der Waals surface area (Å²) in [6, 6.07) is 13.4. The molecule has 0 aliphatic heterocycles. The molecular weight excluding hydrogens is 398 g/mol. The van der Waals surface area contributed by atoms with E-state index in [0.717, 1.165) is 28.1 Å². The number of anilines is 1. The number of aromatic nitrogens is 1. The average Bonchev–Trinajstić information content (AvgIpc) is 3.10. The molecule has 0 aliphatic rings. The van der Waals surface area contributed by atoms with Crippen LogP contribution >= 0.6 is 34.7 Å². The molecule has 1 aromatic heterocycles. The van der Waals surface area contributed by atoms with Gasteiger partial charge in [0, 0.05) is 17.0 Å². The van der Waals surface area contributed by atoms with Crippen molar-refractivity contribution in [2.45, 2.75) is 11.3 Å². The fourth-order valence-electron chi connectivity index (χ4n) is 2.74. The third kappa shape index (κ3) is 4.82. The number of fused-ring (bicyclic) bond motifs is 1. The number of hydrogen-bond donors (Lipinski definition) is 0. The van der Waals surface area contributed by atoms with Gasteiger partial charge in [-0.3, -0.25) is 9.69 Å². The van der Waals surface area contributed by atoms with E-state index in [1.54, 1.807) is 16.7 Å². The van der Waals surface area contributed by atoms with Crippen LogP contribution < -0.4 is 4.90 Å². The van der Waals surface area contributed by atoms with E-state index in [1.807, 2.05) is 62.8 Å². The first-order valence-corrected chi connectivity index (χ1v) is 11.1. The van der Waals surface area contributed by atoms with Gasteiger partial charge in [0.15, 0.2) is 5.13 Å². The van der Waals surface area contributed by atoms with Crippen molar-refractivity contribution in [2.75, 3.05) is 38.3 Å². The van der Waals surface area contributed by atoms with Gasteiger partial charge < -0.3 is 4.90 Å². The highest BCUT2D eigenvalue weighted by Gasteiger charge is 2.21. The Kier molecular flexibility index (Phi) is 6.76. The molecule has 3 aromatic rings. The highest BCUT2D eigenvalue weighted by atomic mass is 35.5. The van der Waals surface area contributed by atoms with E-state index < -0.39 is 0 Å². The van der Waals surface area contributed by atoms with E-state index in [4.69, 9.17) is 11.6 Å². The van der Waals surface area contributed by atoms with Crippen molar-refractivity contribution < 1.29 is 4.79 Å². The molecule has 0 aliphatic carbocycles. The average molecular weight is 420 g/mol. The van der Waals surface area contributed by atoms with E-state index in [2.05, 4.69) is 9.88 Å². The summed E-state index contributed by atoms with van der Waals surface area (Å²) in [5.74, 6) is -0.0309. The molecule has 0 saturated heterocycles. The van der Waals surface area contributed by atoms with E-state index in [0.29, 0.717) is 22.3 Å². The molecule has 0 saturated carbocycles. The Balaban J connectivity index is 1.93. The van der Waals surface area contributed by atoms with Gasteiger partial charge in [-0.15, -0.1) is 11.8 Å². The van der Waals surface area contributed by atoms with Crippen molar-refractivity contribution in [1.82, 2.24) is 9.88 Å². The highest BCUT2D eigenvalue weighted by Crippen LogP contribution is 2.33. The van der Waals surface area contributed by atoms with Crippen LogP contribution in [-0.2, 0) is 0 Å². The number of hydrogen-bond acceptors (Lipinski definition) is 5. The van der Waals surface area contributed by atoms with Crippen molar-refractivity contribution >= 4 is 56.0 Å². The molecule has 1 heterocycles. The standard InChI is InChI=1S/C20H22ClN3OS2/c1-23(2)12-5-13-24(19(25)14-8-10-15(26-3)11-9-14)20-22-18-16(21)6-4-7-17(18)27-20/h4,6-11H,5,12-13H2,1-3H3. The summed E-state index contributed by atoms with van der Waals surface area (Å²) in [5.41, 5.74) is 1.42. The zero-order valence-corrected chi connectivity index (χ0v) is 18.0. The van der Waals surface area contributed by atoms with Crippen LogP contribution in [0.5, 0.6) is 0 Å². The summed E-state index contributed by atoms with van der Waals surface area (Å²) in [6.07, 6.45) is 2.89. The van der Waals surface area contributed by atoms with Gasteiger partial charge >= 0.3 is 0 Å². The fourth-order valence-corrected chi connectivity index (χ4v) is 4.44. The topological polar surface area (TPSA) is 36.4 Å². The van der Waals surface area contributed by atoms with E-state index in [-0.39, 0.29) is 5.91 Å². The molecule has 0 radical (unpaired) electrons. The summed E-state index contributed by atoms with van der Waals surface area (Å²) in [4.78, 5) is 22.9. The molecular formula is C20H22ClN3OS2. The molecule has 142 valence electrons. The lowest BCUT2D eigenvalue weighted by molar-refractivity contribution is 0.0986. The Morgan fingerprint density at radius 3 is 2.52 bits per heavy atom. The van der Waals surface area contributed by atoms with Crippen LogP contribution in [0.4, 0.5) is 5.13 Å². The lowest BCUT2D eigenvalue weighted by Crippen LogP contribution is -2.33. The maximum absolute atomic E-state index is 13.2. The number of benzene rings is 2. The molecule has 0 atom stereocenters. The normalized spacial score (nSPS) is 11.3. The van der Waals surface area contributed by atoms with Gasteiger partial charge in [-0.05, 0) is 69.7 Å². The van der Waals surface area contributed by atoms with Gasteiger partial charge in [0.2, 0.25) is 0 Å². The number of nitrogens with zero attached hydrogens (tertiary/aromatic N) is 3. The van der Waals surface area contributed by atoms with Crippen LogP contribution in [0.1, 0.15) is 16.8 Å². The first kappa shape index (κ1) is 20.1. The molecule has 0 spiro atoms. The second kappa shape index (κ2) is 9.06. The number of carbonyl (C=O) groups excluding carboxylic acids is 1. The van der Waals surface area contributed by atoms with E-state index >= 15 is 0 Å². The predicted molar refractivity (Wildman–Crippen MR) is 118 cm³/mol. The van der Waals surface area contributed by atoms with Crippen LogP contribution in [-0.4, -0.2) is 49.2 Å². The second-order valence-corrected chi connectivity index (χ2v) is 8.72. The molecule has 27 heavy (non-hydrogen) atoms. The maximum Gasteiger partial charge on any atom is 0.260 e. The second-order valence-electron chi connectivity index (χ2n) is 6.43. The smallest absolute Gasteiger partial charge is 0.260 e. The zero-order valence-electron chi connectivity index (χ0n) is 15.6. The third-order valence-electron chi connectivity index (χ3n) is 4.16. The van der Waals surface area contributed by atoms with Gasteiger partial charge in [-0.25, -0.2) is 4.98 Å². The van der Waals surface area contributed by atoms with Crippen LogP contribution in [0.3, 0.4) is 0 Å². The molecule has 1 amide bonds. The number of halogens is 1. The Labute approximate surface area is 173 Å². The Morgan fingerprint density at radius 2 is 1.89 bits per heavy atom. The summed E-state index contributed by atoms with van der Waals surface area (Å²) in [5, 5.41) is 1.30. The van der Waals surface area contributed by atoms with E-state index in [9.17, 15) is 4.79 Å². The van der Waals surface area contributed by atoms with Gasteiger partial charge in [-0.1, -0.05) is 29.0 Å². The monoisotopic (exact) mass is 419 g/mol. The first-order chi connectivity index (χ1) is 13.0. The predicted octanol–water partition coefficient (Wildman–Crippen LogP) is 5.27. The molecule has 0 bridgehead atoms. The minimum Gasteiger partial charge on any atom is -0.309 e. The van der Waals surface area contributed by atoms with E-state index in [1.165, 1.54) is 11.3 Å². The maximum atomic E-state index is 13.2. The molecule has 0 fully saturated rings. The quantitative estimate of drug-likeness (QED) is 0.489. The molecule has 4 nitrogen and oxygen atoms in total.